The van der Waals surface area contributed by atoms with E-state index in [4.69, 9.17) is 4.42 Å². The number of hydrogen-bond acceptors (Lipinski definition) is 5. The molecule has 0 radical (unpaired) electrons. The molecule has 0 fully saturated rings. The molecule has 3 rings (SSSR count). The Balaban J connectivity index is 1.58. The maximum Gasteiger partial charge on any atom is 0.287 e. The highest BCUT2D eigenvalue weighted by molar-refractivity contribution is 5.94. The molecule has 0 aliphatic rings. The van der Waals surface area contributed by atoms with Gasteiger partial charge in [-0.25, -0.2) is 9.67 Å². The van der Waals surface area contributed by atoms with Gasteiger partial charge in [0.25, 0.3) is 5.91 Å². The molecule has 8 nitrogen and oxygen atoms in total. The topological polar surface area (TPSA) is 93.3 Å². The van der Waals surface area contributed by atoms with Crippen LogP contribution in [0.4, 0.5) is 0 Å². The predicted molar refractivity (Wildman–Crippen MR) is 93.6 cm³/mol. The molecule has 0 spiro atoms. The minimum atomic E-state index is -0.415. The minimum absolute atomic E-state index is 0.0998. The van der Waals surface area contributed by atoms with Crippen molar-refractivity contribution in [2.45, 2.75) is 13.0 Å². The molecule has 8 heteroatoms. The number of rotatable bonds is 6. The van der Waals surface area contributed by atoms with E-state index in [1.165, 1.54) is 12.6 Å². The summed E-state index contributed by atoms with van der Waals surface area (Å²) in [5.74, 6) is -0.434. The van der Waals surface area contributed by atoms with Crippen LogP contribution in [0.1, 0.15) is 29.1 Å². The molecule has 0 aliphatic heterocycles. The molecular formula is C18H19N5O3. The molecular weight excluding hydrogens is 334 g/mol. The summed E-state index contributed by atoms with van der Waals surface area (Å²) in [5.41, 5.74) is 1.86. The van der Waals surface area contributed by atoms with Gasteiger partial charge in [-0.2, -0.15) is 5.10 Å². The van der Waals surface area contributed by atoms with Crippen molar-refractivity contribution in [3.8, 4) is 5.69 Å². The van der Waals surface area contributed by atoms with E-state index >= 15 is 0 Å². The number of aromatic nitrogens is 3. The molecule has 2 aromatic heterocycles. The molecule has 0 aliphatic carbocycles. The van der Waals surface area contributed by atoms with Crippen LogP contribution in [0, 0.1) is 0 Å². The third-order valence-electron chi connectivity index (χ3n) is 4.18. The van der Waals surface area contributed by atoms with Crippen LogP contribution >= 0.6 is 0 Å². The zero-order valence-electron chi connectivity index (χ0n) is 14.5. The number of carbonyl (C=O) groups is 2. The smallest absolute Gasteiger partial charge is 0.287 e. The number of hydrogen-bond donors (Lipinski definition) is 1. The van der Waals surface area contributed by atoms with Gasteiger partial charge in [0, 0.05) is 7.05 Å². The summed E-state index contributed by atoms with van der Waals surface area (Å²) < 4.78 is 6.66. The highest BCUT2D eigenvalue weighted by atomic mass is 16.3. The number of furan rings is 1. The van der Waals surface area contributed by atoms with Gasteiger partial charge in [0.2, 0.25) is 5.91 Å². The molecule has 26 heavy (non-hydrogen) atoms. The van der Waals surface area contributed by atoms with Crippen molar-refractivity contribution in [1.82, 2.24) is 25.0 Å². The Bertz CT molecular complexity index is 857. The van der Waals surface area contributed by atoms with E-state index in [2.05, 4.69) is 15.4 Å². The van der Waals surface area contributed by atoms with Crippen molar-refractivity contribution in [3.05, 3.63) is 66.6 Å². The van der Waals surface area contributed by atoms with E-state index in [0.717, 1.165) is 11.3 Å². The van der Waals surface area contributed by atoms with Crippen LogP contribution in [0.3, 0.4) is 0 Å². The van der Waals surface area contributed by atoms with Gasteiger partial charge >= 0.3 is 0 Å². The lowest BCUT2D eigenvalue weighted by molar-refractivity contribution is -0.130. The molecule has 2 amide bonds. The van der Waals surface area contributed by atoms with Gasteiger partial charge in [-0.05, 0) is 36.8 Å². The minimum Gasteiger partial charge on any atom is -0.459 e. The fourth-order valence-corrected chi connectivity index (χ4v) is 2.46. The first-order chi connectivity index (χ1) is 12.6. The Morgan fingerprint density at radius 2 is 2.04 bits per heavy atom. The third-order valence-corrected chi connectivity index (χ3v) is 4.18. The van der Waals surface area contributed by atoms with Crippen molar-refractivity contribution in [3.63, 3.8) is 0 Å². The third kappa shape index (κ3) is 3.80. The van der Waals surface area contributed by atoms with Gasteiger partial charge in [0.1, 0.15) is 12.7 Å². The van der Waals surface area contributed by atoms with Gasteiger partial charge in [-0.1, -0.05) is 12.1 Å². The van der Waals surface area contributed by atoms with Gasteiger partial charge in [0.15, 0.2) is 5.76 Å². The Kier molecular flexibility index (Phi) is 5.12. The summed E-state index contributed by atoms with van der Waals surface area (Å²) in [6.45, 7) is 1.83. The molecule has 2 heterocycles. The van der Waals surface area contributed by atoms with Crippen molar-refractivity contribution >= 4 is 11.8 Å². The number of benzene rings is 1. The number of nitrogens with zero attached hydrogens (tertiary/aromatic N) is 4. The molecule has 1 atom stereocenters. The van der Waals surface area contributed by atoms with Crippen molar-refractivity contribution in [1.29, 1.82) is 0 Å². The van der Waals surface area contributed by atoms with Crippen molar-refractivity contribution in [2.75, 3.05) is 13.6 Å². The normalized spacial score (nSPS) is 11.8. The van der Waals surface area contributed by atoms with Gasteiger partial charge in [-0.15, -0.1) is 0 Å². The van der Waals surface area contributed by atoms with Crippen molar-refractivity contribution < 1.29 is 14.0 Å². The Morgan fingerprint density at radius 3 is 2.65 bits per heavy atom. The maximum absolute atomic E-state index is 12.3. The number of carbonyl (C=O) groups excluding carboxylic acids is 2. The highest BCUT2D eigenvalue weighted by Gasteiger charge is 2.19. The second-order valence-corrected chi connectivity index (χ2v) is 5.77. The fraction of sp³-hybridized carbons (Fsp3) is 0.222. The van der Waals surface area contributed by atoms with Gasteiger partial charge < -0.3 is 14.6 Å². The first-order valence-electron chi connectivity index (χ1n) is 8.08. The van der Waals surface area contributed by atoms with E-state index in [1.807, 2.05) is 31.2 Å². The summed E-state index contributed by atoms with van der Waals surface area (Å²) in [4.78, 5) is 29.7. The van der Waals surface area contributed by atoms with Crippen LogP contribution in [0.2, 0.25) is 0 Å². The Hall–Kier alpha value is -3.42. The van der Waals surface area contributed by atoms with Crippen molar-refractivity contribution in [2.24, 2.45) is 0 Å². The highest BCUT2D eigenvalue weighted by Crippen LogP contribution is 2.20. The SMILES string of the molecule is C[C@@H](c1ccc(-n2cncn2)cc1)N(C)C(=O)CNC(=O)c1ccco1. The van der Waals surface area contributed by atoms with E-state index in [1.54, 1.807) is 35.1 Å². The summed E-state index contributed by atoms with van der Waals surface area (Å²) in [5, 5.41) is 6.64. The summed E-state index contributed by atoms with van der Waals surface area (Å²) in [6.07, 6.45) is 4.50. The lowest BCUT2D eigenvalue weighted by atomic mass is 10.1. The summed E-state index contributed by atoms with van der Waals surface area (Å²) in [6, 6.07) is 10.7. The fourth-order valence-electron chi connectivity index (χ4n) is 2.46. The monoisotopic (exact) mass is 353 g/mol. The number of likely N-dealkylation sites (N-methyl/N-ethyl adjacent to an activating group) is 1. The van der Waals surface area contributed by atoms with E-state index < -0.39 is 5.91 Å². The molecule has 0 saturated carbocycles. The standard InChI is InChI=1S/C18H19N5O3/c1-13(14-5-7-15(8-6-14)23-12-19-11-21-23)22(2)17(24)10-20-18(25)16-4-3-9-26-16/h3-9,11-13H,10H2,1-2H3,(H,20,25)/t13-/m0/s1. The van der Waals surface area contributed by atoms with Gasteiger partial charge in [0.05, 0.1) is 24.5 Å². The van der Waals surface area contributed by atoms with Crippen LogP contribution in [0.5, 0.6) is 0 Å². The first kappa shape index (κ1) is 17.4. The quantitative estimate of drug-likeness (QED) is 0.729. The van der Waals surface area contributed by atoms with Gasteiger partial charge in [-0.3, -0.25) is 9.59 Å². The Labute approximate surface area is 150 Å². The molecule has 0 bridgehead atoms. The largest absolute Gasteiger partial charge is 0.459 e. The van der Waals surface area contributed by atoms with E-state index in [9.17, 15) is 9.59 Å². The molecule has 134 valence electrons. The maximum atomic E-state index is 12.3. The average molecular weight is 353 g/mol. The molecule has 1 aromatic carbocycles. The summed E-state index contributed by atoms with van der Waals surface area (Å²) in [7, 11) is 1.71. The van der Waals surface area contributed by atoms with Crippen LogP contribution in [0.15, 0.2) is 59.7 Å². The lowest BCUT2D eigenvalue weighted by Crippen LogP contribution is -2.39. The lowest BCUT2D eigenvalue weighted by Gasteiger charge is -2.25. The second-order valence-electron chi connectivity index (χ2n) is 5.77. The van der Waals surface area contributed by atoms with E-state index in [-0.39, 0.29) is 24.3 Å². The number of amides is 2. The first-order valence-corrected chi connectivity index (χ1v) is 8.08. The van der Waals surface area contributed by atoms with Crippen LogP contribution in [0.25, 0.3) is 5.69 Å². The molecule has 0 saturated heterocycles. The average Bonchev–Trinajstić information content (AvgIpc) is 3.38. The van der Waals surface area contributed by atoms with Crippen LogP contribution in [-0.2, 0) is 4.79 Å². The zero-order valence-corrected chi connectivity index (χ0v) is 14.5. The Morgan fingerprint density at radius 1 is 1.27 bits per heavy atom. The summed E-state index contributed by atoms with van der Waals surface area (Å²) >= 11 is 0. The zero-order chi connectivity index (χ0) is 18.5. The van der Waals surface area contributed by atoms with Crippen LogP contribution < -0.4 is 5.32 Å². The molecule has 3 aromatic rings. The molecule has 0 unspecified atom stereocenters. The second kappa shape index (κ2) is 7.64. The van der Waals surface area contributed by atoms with Crippen LogP contribution in [-0.4, -0.2) is 45.1 Å². The predicted octanol–water partition coefficient (Wildman–Crippen LogP) is 1.81. The number of nitrogens with one attached hydrogen (secondary N) is 1. The molecule has 1 N–H and O–H groups in total. The van der Waals surface area contributed by atoms with E-state index in [0.29, 0.717) is 0 Å².